The summed E-state index contributed by atoms with van der Waals surface area (Å²) in [5.74, 6) is -0.385. The zero-order valence-electron chi connectivity index (χ0n) is 40.6. The molecule has 62 heavy (non-hydrogen) atoms. The number of ether oxygens (including phenoxy) is 2. The molecule has 0 bridgehead atoms. The Hall–Kier alpha value is -1.06. The number of hydrogen-bond acceptors (Lipinski definition) is 8. The summed E-state index contributed by atoms with van der Waals surface area (Å²) in [6, 6.07) is 0. The predicted octanol–water partition coefficient (Wildman–Crippen LogP) is 15.4. The number of esters is 1. The van der Waals surface area contributed by atoms with E-state index in [4.69, 9.17) is 23.6 Å². The first-order chi connectivity index (χ1) is 30.3. The molecule has 0 saturated heterocycles. The Bertz CT molecular complexity index is 1020. The molecule has 10 heteroatoms. The minimum Gasteiger partial charge on any atom is -0.457 e. The van der Waals surface area contributed by atoms with Crippen molar-refractivity contribution in [2.45, 2.75) is 270 Å². The zero-order valence-corrected chi connectivity index (χ0v) is 41.5. The van der Waals surface area contributed by atoms with Gasteiger partial charge >= 0.3 is 13.8 Å². The van der Waals surface area contributed by atoms with E-state index in [0.717, 1.165) is 51.4 Å². The summed E-state index contributed by atoms with van der Waals surface area (Å²) in [7, 11) is -4.52. The maximum Gasteiger partial charge on any atom is 0.472 e. The van der Waals surface area contributed by atoms with Gasteiger partial charge in [-0.15, -0.1) is 0 Å². The van der Waals surface area contributed by atoms with Crippen LogP contribution in [-0.2, 0) is 27.9 Å². The van der Waals surface area contributed by atoms with Crippen molar-refractivity contribution in [2.75, 3.05) is 33.0 Å². The second kappa shape index (κ2) is 49.4. The highest BCUT2D eigenvalue weighted by molar-refractivity contribution is 7.47. The van der Waals surface area contributed by atoms with Crippen molar-refractivity contribution in [3.05, 3.63) is 24.3 Å². The molecule has 0 aliphatic heterocycles. The molecule has 0 amide bonds. The van der Waals surface area contributed by atoms with Crippen molar-refractivity contribution < 1.29 is 43.0 Å². The minimum absolute atomic E-state index is 0.0509. The van der Waals surface area contributed by atoms with Crippen LogP contribution >= 0.6 is 7.82 Å². The number of allylic oxidation sites excluding steroid dienone is 4. The minimum atomic E-state index is -4.52. The molecule has 3 unspecified atom stereocenters. The van der Waals surface area contributed by atoms with Crippen molar-refractivity contribution >= 4 is 13.8 Å². The highest BCUT2D eigenvalue weighted by Crippen LogP contribution is 2.43. The molecule has 0 aliphatic rings. The monoisotopic (exact) mass is 901 g/mol. The van der Waals surface area contributed by atoms with Crippen molar-refractivity contribution in [3.63, 3.8) is 0 Å². The van der Waals surface area contributed by atoms with E-state index in [1.807, 2.05) is 0 Å². The highest BCUT2D eigenvalue weighted by atomic mass is 31.2. The number of phosphoric acid groups is 1. The smallest absolute Gasteiger partial charge is 0.457 e. The number of rotatable bonds is 51. The lowest BCUT2D eigenvalue weighted by Gasteiger charge is -2.20. The van der Waals surface area contributed by atoms with Gasteiger partial charge in [-0.2, -0.15) is 0 Å². The van der Waals surface area contributed by atoms with Crippen LogP contribution in [0, 0.1) is 0 Å². The molecule has 0 rings (SSSR count). The molecule has 0 saturated carbocycles. The molecule has 0 radical (unpaired) electrons. The fourth-order valence-electron chi connectivity index (χ4n) is 7.62. The molecule has 3 N–H and O–H groups in total. The van der Waals surface area contributed by atoms with E-state index < -0.39 is 33.2 Å². The first-order valence-corrected chi connectivity index (χ1v) is 27.8. The molecule has 0 aliphatic carbocycles. The number of aliphatic hydroxyl groups is 2. The van der Waals surface area contributed by atoms with E-state index in [9.17, 15) is 19.4 Å². The lowest BCUT2D eigenvalue weighted by molar-refractivity contribution is -0.154. The van der Waals surface area contributed by atoms with E-state index in [1.54, 1.807) is 0 Å². The van der Waals surface area contributed by atoms with Crippen LogP contribution in [0.2, 0.25) is 0 Å². The molecule has 0 heterocycles. The second-order valence-electron chi connectivity index (χ2n) is 17.9. The SMILES string of the molecule is CCCCCC/C=C\C/C=C\CCCCCCCCCC(=O)OC(COCCCCCCCCCCCCCCCCCCCCCCCCC)COP(=O)(O)OCC(O)CO. The summed E-state index contributed by atoms with van der Waals surface area (Å²) in [6.45, 7) is 3.55. The number of carbonyl (C=O) groups is 1. The number of unbranched alkanes of at least 4 members (excludes halogenated alkanes) is 33. The summed E-state index contributed by atoms with van der Waals surface area (Å²) in [6.07, 6.45) is 54.3. The molecule has 0 aromatic heterocycles. The standard InChI is InChI=1S/C52H101O9P/c1-3-5-7-9-11-13-15-17-19-21-23-24-25-26-27-29-31-33-35-37-39-41-43-45-58-48-51(49-60-62(56,57)59-47-50(54)46-53)61-52(55)44-42-40-38-36-34-32-30-28-22-20-18-16-14-12-10-8-6-4-2/h14,16,20,22,50-51,53-54H,3-13,15,17-19,21,23-49H2,1-2H3,(H,56,57)/b16-14-,22-20-. The van der Waals surface area contributed by atoms with Gasteiger partial charge in [0.15, 0.2) is 0 Å². The van der Waals surface area contributed by atoms with Crippen LogP contribution in [0.3, 0.4) is 0 Å². The van der Waals surface area contributed by atoms with Gasteiger partial charge in [0.25, 0.3) is 0 Å². The summed E-state index contributed by atoms with van der Waals surface area (Å²) < 4.78 is 33.5. The van der Waals surface area contributed by atoms with Crippen molar-refractivity contribution in [2.24, 2.45) is 0 Å². The molecule has 0 fully saturated rings. The first-order valence-electron chi connectivity index (χ1n) is 26.3. The Morgan fingerprint density at radius 2 is 0.871 bits per heavy atom. The van der Waals surface area contributed by atoms with Gasteiger partial charge in [0.1, 0.15) is 12.2 Å². The summed E-state index contributed by atoms with van der Waals surface area (Å²) in [5.41, 5.74) is 0. The normalized spacial score (nSPS) is 14.0. The molecular weight excluding hydrogens is 800 g/mol. The van der Waals surface area contributed by atoms with Crippen molar-refractivity contribution in [3.8, 4) is 0 Å². The van der Waals surface area contributed by atoms with Crippen LogP contribution < -0.4 is 0 Å². The van der Waals surface area contributed by atoms with Crippen LogP contribution in [0.5, 0.6) is 0 Å². The van der Waals surface area contributed by atoms with E-state index in [1.165, 1.54) is 186 Å². The molecular formula is C52H101O9P. The molecule has 0 aromatic rings. The Kier molecular flexibility index (Phi) is 48.5. The molecule has 0 aromatic carbocycles. The maximum absolute atomic E-state index is 12.7. The predicted molar refractivity (Wildman–Crippen MR) is 261 cm³/mol. The van der Waals surface area contributed by atoms with Crippen molar-refractivity contribution in [1.82, 2.24) is 0 Å². The van der Waals surface area contributed by atoms with Crippen LogP contribution in [-0.4, -0.2) is 66.3 Å². The lowest BCUT2D eigenvalue weighted by Crippen LogP contribution is -2.29. The Labute approximate surface area is 383 Å². The third-order valence-electron chi connectivity index (χ3n) is 11.6. The maximum atomic E-state index is 12.7. The molecule has 368 valence electrons. The van der Waals surface area contributed by atoms with Gasteiger partial charge < -0.3 is 24.6 Å². The second-order valence-corrected chi connectivity index (χ2v) is 19.4. The van der Waals surface area contributed by atoms with Crippen LogP contribution in [0.25, 0.3) is 0 Å². The third kappa shape index (κ3) is 48.4. The first kappa shape index (κ1) is 60.9. The van der Waals surface area contributed by atoms with Gasteiger partial charge in [0.05, 0.1) is 26.4 Å². The Morgan fingerprint density at radius 3 is 1.31 bits per heavy atom. The largest absolute Gasteiger partial charge is 0.472 e. The topological polar surface area (TPSA) is 132 Å². The van der Waals surface area contributed by atoms with E-state index in [0.29, 0.717) is 6.61 Å². The number of phosphoric ester groups is 1. The quantitative estimate of drug-likeness (QED) is 0.0236. The molecule has 9 nitrogen and oxygen atoms in total. The number of hydrogen-bond donors (Lipinski definition) is 3. The average Bonchev–Trinajstić information content (AvgIpc) is 3.26. The van der Waals surface area contributed by atoms with Gasteiger partial charge in [0, 0.05) is 13.0 Å². The van der Waals surface area contributed by atoms with Gasteiger partial charge in [-0.05, 0) is 44.9 Å². The van der Waals surface area contributed by atoms with E-state index in [2.05, 4.69) is 38.2 Å². The van der Waals surface area contributed by atoms with E-state index >= 15 is 0 Å². The van der Waals surface area contributed by atoms with E-state index in [-0.39, 0.29) is 25.6 Å². The fraction of sp³-hybridized carbons (Fsp3) is 0.904. The number of aliphatic hydroxyl groups excluding tert-OH is 2. The Balaban J connectivity index is 4.02. The van der Waals surface area contributed by atoms with Gasteiger partial charge in [-0.1, -0.05) is 231 Å². The van der Waals surface area contributed by atoms with Crippen molar-refractivity contribution in [1.29, 1.82) is 0 Å². The van der Waals surface area contributed by atoms with Gasteiger partial charge in [-0.25, -0.2) is 4.57 Å². The lowest BCUT2D eigenvalue weighted by atomic mass is 10.0. The van der Waals surface area contributed by atoms with Crippen LogP contribution in [0.15, 0.2) is 24.3 Å². The zero-order chi connectivity index (χ0) is 45.3. The third-order valence-corrected chi connectivity index (χ3v) is 12.6. The summed E-state index contributed by atoms with van der Waals surface area (Å²) >= 11 is 0. The van der Waals surface area contributed by atoms with Crippen LogP contribution in [0.4, 0.5) is 0 Å². The fourth-order valence-corrected chi connectivity index (χ4v) is 8.41. The number of carbonyl (C=O) groups excluding carboxylic acids is 1. The van der Waals surface area contributed by atoms with Crippen LogP contribution in [0.1, 0.15) is 258 Å². The highest BCUT2D eigenvalue weighted by Gasteiger charge is 2.26. The average molecular weight is 901 g/mol. The molecule has 3 atom stereocenters. The summed E-state index contributed by atoms with van der Waals surface area (Å²) in [4.78, 5) is 22.7. The van der Waals surface area contributed by atoms with Gasteiger partial charge in [-0.3, -0.25) is 13.8 Å². The molecule has 0 spiro atoms. The summed E-state index contributed by atoms with van der Waals surface area (Å²) in [5, 5.41) is 18.4. The Morgan fingerprint density at radius 1 is 0.500 bits per heavy atom. The van der Waals surface area contributed by atoms with Gasteiger partial charge in [0.2, 0.25) is 0 Å².